The van der Waals surface area contributed by atoms with Gasteiger partial charge in [0.15, 0.2) is 0 Å². The largest absolute Gasteiger partial charge is 0.381 e. The molecular weight excluding hydrogens is 352 g/mol. The van der Waals surface area contributed by atoms with Crippen molar-refractivity contribution in [1.82, 2.24) is 14.5 Å². The van der Waals surface area contributed by atoms with Crippen LogP contribution < -0.4 is 0 Å². The highest BCUT2D eigenvalue weighted by Crippen LogP contribution is 2.32. The van der Waals surface area contributed by atoms with Crippen molar-refractivity contribution < 1.29 is 9.53 Å². The number of amides is 1. The number of ether oxygens (including phenoxy) is 1. The lowest BCUT2D eigenvalue weighted by Gasteiger charge is -2.35. The topological polar surface area (TPSA) is 71.2 Å². The Hall–Kier alpha value is -2.65. The first kappa shape index (κ1) is 18.7. The molecule has 6 nitrogen and oxygen atoms in total. The van der Waals surface area contributed by atoms with Gasteiger partial charge in [-0.25, -0.2) is 4.98 Å². The molecule has 1 amide bonds. The summed E-state index contributed by atoms with van der Waals surface area (Å²) >= 11 is 0. The molecule has 0 aliphatic carbocycles. The lowest BCUT2D eigenvalue weighted by molar-refractivity contribution is 0.0683. The van der Waals surface area contributed by atoms with Crippen molar-refractivity contribution in [2.24, 2.45) is 0 Å². The predicted octanol–water partition coefficient (Wildman–Crippen LogP) is 3.43. The van der Waals surface area contributed by atoms with Gasteiger partial charge >= 0.3 is 0 Å². The monoisotopic (exact) mass is 378 g/mol. The Bertz CT molecular complexity index is 867. The summed E-state index contributed by atoms with van der Waals surface area (Å²) in [6.07, 6.45) is 5.93. The Morgan fingerprint density at radius 2 is 1.82 bits per heavy atom. The summed E-state index contributed by atoms with van der Waals surface area (Å²) < 4.78 is 7.93. The van der Waals surface area contributed by atoms with E-state index < -0.39 is 0 Å². The van der Waals surface area contributed by atoms with E-state index in [2.05, 4.69) is 17.6 Å². The molecule has 0 saturated carbocycles. The highest BCUT2D eigenvalue weighted by Gasteiger charge is 2.29. The first-order valence-corrected chi connectivity index (χ1v) is 10.1. The molecule has 2 aromatic rings. The van der Waals surface area contributed by atoms with Gasteiger partial charge in [-0.15, -0.1) is 0 Å². The third kappa shape index (κ3) is 3.67. The fourth-order valence-corrected chi connectivity index (χ4v) is 4.39. The summed E-state index contributed by atoms with van der Waals surface area (Å²) in [6.45, 7) is 5.25. The Kier molecular flexibility index (Phi) is 5.45. The van der Waals surface area contributed by atoms with Gasteiger partial charge in [0, 0.05) is 55.7 Å². The van der Waals surface area contributed by atoms with Gasteiger partial charge in [-0.2, -0.15) is 5.26 Å². The first-order chi connectivity index (χ1) is 13.7. The molecule has 0 spiro atoms. The number of nitriles is 1. The number of carbonyl (C=O) groups excluding carboxylic acids is 1. The molecule has 0 atom stereocenters. The minimum absolute atomic E-state index is 0.0509. The van der Waals surface area contributed by atoms with Crippen molar-refractivity contribution in [3.63, 3.8) is 0 Å². The highest BCUT2D eigenvalue weighted by molar-refractivity contribution is 5.94. The van der Waals surface area contributed by atoms with E-state index in [-0.39, 0.29) is 5.91 Å². The zero-order valence-electron chi connectivity index (χ0n) is 16.3. The second-order valence-electron chi connectivity index (χ2n) is 7.73. The van der Waals surface area contributed by atoms with Crippen LogP contribution in [0.5, 0.6) is 0 Å². The van der Waals surface area contributed by atoms with E-state index in [1.807, 2.05) is 11.1 Å². The molecule has 2 aliphatic rings. The Balaban J connectivity index is 1.43. The molecule has 4 rings (SSSR count). The van der Waals surface area contributed by atoms with E-state index in [0.717, 1.165) is 52.0 Å². The molecule has 1 aromatic heterocycles. The molecule has 2 aliphatic heterocycles. The lowest BCUT2D eigenvalue weighted by atomic mass is 9.97. The van der Waals surface area contributed by atoms with Crippen LogP contribution in [0.4, 0.5) is 0 Å². The van der Waals surface area contributed by atoms with Crippen LogP contribution in [0.15, 0.2) is 30.5 Å². The number of aryl methyl sites for hydroxylation is 1. The average Bonchev–Trinajstić information content (AvgIpc) is 3.15. The summed E-state index contributed by atoms with van der Waals surface area (Å²) in [5.74, 6) is 1.72. The first-order valence-electron chi connectivity index (χ1n) is 10.1. The SMILES string of the molecule is Cc1cnc(C2CCOCC2)n1C1CCN(C(=O)c2ccc(C#N)cc2)CC1. The maximum absolute atomic E-state index is 12.8. The van der Waals surface area contributed by atoms with E-state index in [1.54, 1.807) is 24.3 Å². The van der Waals surface area contributed by atoms with Gasteiger partial charge in [-0.3, -0.25) is 4.79 Å². The van der Waals surface area contributed by atoms with Crippen LogP contribution in [0.3, 0.4) is 0 Å². The number of nitrogens with zero attached hydrogens (tertiary/aromatic N) is 4. The number of hydrogen-bond acceptors (Lipinski definition) is 4. The van der Waals surface area contributed by atoms with Crippen LogP contribution in [0, 0.1) is 18.3 Å². The van der Waals surface area contributed by atoms with E-state index >= 15 is 0 Å². The second kappa shape index (κ2) is 8.15. The second-order valence-corrected chi connectivity index (χ2v) is 7.73. The maximum Gasteiger partial charge on any atom is 0.253 e. The van der Waals surface area contributed by atoms with Crippen molar-refractivity contribution >= 4 is 5.91 Å². The van der Waals surface area contributed by atoms with Gasteiger partial charge in [0.05, 0.1) is 11.6 Å². The van der Waals surface area contributed by atoms with Crippen molar-refractivity contribution in [3.8, 4) is 6.07 Å². The molecule has 2 saturated heterocycles. The third-order valence-corrected chi connectivity index (χ3v) is 5.97. The van der Waals surface area contributed by atoms with Gasteiger partial charge in [0.25, 0.3) is 5.91 Å². The molecule has 28 heavy (non-hydrogen) atoms. The molecular formula is C22H26N4O2. The predicted molar refractivity (Wildman–Crippen MR) is 105 cm³/mol. The van der Waals surface area contributed by atoms with E-state index in [9.17, 15) is 4.79 Å². The molecule has 2 fully saturated rings. The van der Waals surface area contributed by atoms with Gasteiger partial charge < -0.3 is 14.2 Å². The molecule has 0 N–H and O–H groups in total. The third-order valence-electron chi connectivity index (χ3n) is 5.97. The van der Waals surface area contributed by atoms with Gasteiger partial charge in [-0.05, 0) is 56.9 Å². The smallest absolute Gasteiger partial charge is 0.253 e. The van der Waals surface area contributed by atoms with Crippen molar-refractivity contribution in [3.05, 3.63) is 53.1 Å². The van der Waals surface area contributed by atoms with Gasteiger partial charge in [0.2, 0.25) is 0 Å². The molecule has 1 aromatic carbocycles. The van der Waals surface area contributed by atoms with Crippen molar-refractivity contribution in [2.75, 3.05) is 26.3 Å². The molecule has 6 heteroatoms. The molecule has 3 heterocycles. The van der Waals surface area contributed by atoms with Gasteiger partial charge in [0.1, 0.15) is 5.82 Å². The summed E-state index contributed by atoms with van der Waals surface area (Å²) in [5.41, 5.74) is 2.43. The highest BCUT2D eigenvalue weighted by atomic mass is 16.5. The van der Waals surface area contributed by atoms with Crippen molar-refractivity contribution in [2.45, 2.75) is 44.6 Å². The van der Waals surface area contributed by atoms with Gasteiger partial charge in [-0.1, -0.05) is 0 Å². The summed E-state index contributed by atoms with van der Waals surface area (Å²) in [5, 5.41) is 8.91. The number of hydrogen-bond donors (Lipinski definition) is 0. The summed E-state index contributed by atoms with van der Waals surface area (Å²) in [6, 6.07) is 9.38. The fourth-order valence-electron chi connectivity index (χ4n) is 4.39. The average molecular weight is 378 g/mol. The number of carbonyl (C=O) groups is 1. The number of aromatic nitrogens is 2. The molecule has 0 radical (unpaired) electrons. The van der Waals surface area contributed by atoms with Crippen LogP contribution in [-0.4, -0.2) is 46.7 Å². The number of piperidine rings is 1. The van der Waals surface area contributed by atoms with Crippen LogP contribution in [-0.2, 0) is 4.74 Å². The van der Waals surface area contributed by atoms with Crippen molar-refractivity contribution in [1.29, 1.82) is 5.26 Å². The number of imidazole rings is 1. The fraction of sp³-hybridized carbons (Fsp3) is 0.500. The lowest BCUT2D eigenvalue weighted by Crippen LogP contribution is -2.39. The summed E-state index contributed by atoms with van der Waals surface area (Å²) in [4.78, 5) is 19.4. The number of rotatable bonds is 3. The van der Waals surface area contributed by atoms with Crippen LogP contribution in [0.25, 0.3) is 0 Å². The number of benzene rings is 1. The Morgan fingerprint density at radius 1 is 1.14 bits per heavy atom. The molecule has 0 bridgehead atoms. The summed E-state index contributed by atoms with van der Waals surface area (Å²) in [7, 11) is 0. The maximum atomic E-state index is 12.8. The van der Waals surface area contributed by atoms with E-state index in [1.165, 1.54) is 11.5 Å². The quantitative estimate of drug-likeness (QED) is 0.820. The molecule has 146 valence electrons. The Labute approximate surface area is 165 Å². The van der Waals surface area contributed by atoms with E-state index in [4.69, 9.17) is 15.0 Å². The van der Waals surface area contributed by atoms with Crippen LogP contribution >= 0.6 is 0 Å². The van der Waals surface area contributed by atoms with E-state index in [0.29, 0.717) is 23.1 Å². The zero-order valence-corrected chi connectivity index (χ0v) is 16.3. The molecule has 0 unspecified atom stereocenters. The van der Waals surface area contributed by atoms with Crippen LogP contribution in [0.2, 0.25) is 0 Å². The standard InChI is InChI=1S/C22H26N4O2/c1-16-15-24-21(18-8-12-28-13-9-18)26(16)20-6-10-25(11-7-20)22(27)19-4-2-17(14-23)3-5-19/h2-5,15,18,20H,6-13H2,1H3. The van der Waals surface area contributed by atoms with Crippen LogP contribution in [0.1, 0.15) is 65.1 Å². The zero-order chi connectivity index (χ0) is 19.5. The Morgan fingerprint density at radius 3 is 2.46 bits per heavy atom. The minimum atomic E-state index is 0.0509. The minimum Gasteiger partial charge on any atom is -0.381 e. The normalized spacial score (nSPS) is 18.8. The number of likely N-dealkylation sites (tertiary alicyclic amines) is 1.